The van der Waals surface area contributed by atoms with Crippen LogP contribution in [-0.2, 0) is 0 Å². The van der Waals surface area contributed by atoms with Gasteiger partial charge in [0.1, 0.15) is 5.82 Å². The number of rotatable bonds is 1. The van der Waals surface area contributed by atoms with Gasteiger partial charge >= 0.3 is 0 Å². The van der Waals surface area contributed by atoms with Crippen molar-refractivity contribution in [3.05, 3.63) is 35.1 Å². The number of hydrogen-bond acceptors (Lipinski definition) is 2. The number of piperidine rings is 1. The summed E-state index contributed by atoms with van der Waals surface area (Å²) >= 11 is 0. The fraction of sp³-hybridized carbons (Fsp3) is 0.500. The zero-order valence-electron chi connectivity index (χ0n) is 10.7. The fourth-order valence-electron chi connectivity index (χ4n) is 3.03. The van der Waals surface area contributed by atoms with E-state index in [9.17, 15) is 9.18 Å². The van der Waals surface area contributed by atoms with Gasteiger partial charge in [0.05, 0.1) is 0 Å². The van der Waals surface area contributed by atoms with Crippen molar-refractivity contribution in [1.82, 2.24) is 9.80 Å². The highest BCUT2D eigenvalue weighted by Gasteiger charge is 2.46. The molecule has 2 aliphatic rings. The molecule has 0 radical (unpaired) electrons. The highest BCUT2D eigenvalue weighted by molar-refractivity contribution is 5.95. The SMILES string of the molecule is Cc1ccc(C(=O)N2C3CC2CN(C)C3)cc1F. The molecule has 96 valence electrons. The van der Waals surface area contributed by atoms with Crippen molar-refractivity contribution < 1.29 is 9.18 Å². The Morgan fingerprint density at radius 1 is 1.33 bits per heavy atom. The number of nitrogens with zero attached hydrogens (tertiary/aromatic N) is 2. The van der Waals surface area contributed by atoms with E-state index in [0.29, 0.717) is 23.2 Å². The Kier molecular flexibility index (Phi) is 2.63. The van der Waals surface area contributed by atoms with E-state index in [-0.39, 0.29) is 11.7 Å². The van der Waals surface area contributed by atoms with Gasteiger partial charge in [-0.25, -0.2) is 4.39 Å². The van der Waals surface area contributed by atoms with Gasteiger partial charge in [-0.1, -0.05) is 6.07 Å². The Bertz CT molecular complexity index is 491. The summed E-state index contributed by atoms with van der Waals surface area (Å²) in [7, 11) is 2.08. The van der Waals surface area contributed by atoms with Crippen molar-refractivity contribution in [1.29, 1.82) is 0 Å². The molecule has 2 atom stereocenters. The molecule has 3 nitrogen and oxygen atoms in total. The molecule has 2 saturated heterocycles. The molecule has 0 saturated carbocycles. The van der Waals surface area contributed by atoms with Crippen LogP contribution < -0.4 is 0 Å². The third-order valence-corrected chi connectivity index (χ3v) is 4.03. The summed E-state index contributed by atoms with van der Waals surface area (Å²) in [5.41, 5.74) is 1.05. The van der Waals surface area contributed by atoms with Gasteiger partial charge < -0.3 is 9.80 Å². The molecule has 0 aromatic heterocycles. The predicted octanol–water partition coefficient (Wildman–Crippen LogP) is 1.66. The maximum Gasteiger partial charge on any atom is 0.254 e. The smallest absolute Gasteiger partial charge is 0.254 e. The number of hydrogen-bond donors (Lipinski definition) is 0. The largest absolute Gasteiger partial charge is 0.330 e. The lowest BCUT2D eigenvalue weighted by Gasteiger charge is -2.55. The van der Waals surface area contributed by atoms with Gasteiger partial charge in [0.2, 0.25) is 0 Å². The zero-order chi connectivity index (χ0) is 12.9. The normalized spacial score (nSPS) is 26.9. The number of benzene rings is 1. The summed E-state index contributed by atoms with van der Waals surface area (Å²) < 4.78 is 13.5. The Labute approximate surface area is 106 Å². The Hall–Kier alpha value is -1.42. The molecule has 0 spiro atoms. The minimum absolute atomic E-state index is 0.0248. The quantitative estimate of drug-likeness (QED) is 0.754. The lowest BCUT2D eigenvalue weighted by Crippen LogP contribution is -2.69. The molecule has 3 rings (SSSR count). The van der Waals surface area contributed by atoms with E-state index in [4.69, 9.17) is 0 Å². The molecular formula is C14H17FN2O. The van der Waals surface area contributed by atoms with Crippen molar-refractivity contribution in [2.24, 2.45) is 0 Å². The molecule has 1 aromatic carbocycles. The van der Waals surface area contributed by atoms with Gasteiger partial charge in [-0.05, 0) is 38.1 Å². The number of carbonyl (C=O) groups excluding carboxylic acids is 1. The Morgan fingerprint density at radius 2 is 2.00 bits per heavy atom. The van der Waals surface area contributed by atoms with Crippen LogP contribution in [0, 0.1) is 12.7 Å². The second-order valence-corrected chi connectivity index (χ2v) is 5.44. The third-order valence-electron chi connectivity index (χ3n) is 4.03. The molecular weight excluding hydrogens is 231 g/mol. The van der Waals surface area contributed by atoms with E-state index in [2.05, 4.69) is 11.9 Å². The number of aryl methyl sites for hydroxylation is 1. The number of amides is 1. The summed E-state index contributed by atoms with van der Waals surface area (Å²) in [5.74, 6) is -0.327. The zero-order valence-corrected chi connectivity index (χ0v) is 10.7. The molecule has 18 heavy (non-hydrogen) atoms. The van der Waals surface area contributed by atoms with Crippen LogP contribution in [0.2, 0.25) is 0 Å². The van der Waals surface area contributed by atoms with Gasteiger partial charge in [-0.3, -0.25) is 4.79 Å². The van der Waals surface area contributed by atoms with Crippen LogP contribution in [0.15, 0.2) is 18.2 Å². The van der Waals surface area contributed by atoms with Gasteiger partial charge in [-0.15, -0.1) is 0 Å². The monoisotopic (exact) mass is 248 g/mol. The maximum absolute atomic E-state index is 13.5. The number of likely N-dealkylation sites (tertiary alicyclic amines) is 2. The maximum atomic E-state index is 13.5. The van der Waals surface area contributed by atoms with Crippen LogP contribution >= 0.6 is 0 Å². The van der Waals surface area contributed by atoms with E-state index in [1.165, 1.54) is 6.07 Å². The highest BCUT2D eigenvalue weighted by atomic mass is 19.1. The summed E-state index contributed by atoms with van der Waals surface area (Å²) in [6.07, 6.45) is 1.09. The van der Waals surface area contributed by atoms with Crippen LogP contribution in [-0.4, -0.2) is 47.9 Å². The van der Waals surface area contributed by atoms with Crippen molar-refractivity contribution in [3.63, 3.8) is 0 Å². The standard InChI is InChI=1S/C14H17FN2O/c1-9-3-4-10(5-13(9)15)14(18)17-11-6-12(17)8-16(2)7-11/h3-5,11-12H,6-8H2,1-2H3. The third kappa shape index (κ3) is 1.72. The summed E-state index contributed by atoms with van der Waals surface area (Å²) in [5, 5.41) is 0. The molecule has 2 unspecified atom stereocenters. The minimum atomic E-state index is -0.302. The van der Waals surface area contributed by atoms with Crippen LogP contribution in [0.4, 0.5) is 4.39 Å². The van der Waals surface area contributed by atoms with E-state index in [1.807, 2.05) is 4.90 Å². The molecule has 2 bridgehead atoms. The molecule has 1 amide bonds. The van der Waals surface area contributed by atoms with Gasteiger partial charge in [0.15, 0.2) is 0 Å². The molecule has 0 aliphatic carbocycles. The van der Waals surface area contributed by atoms with Crippen LogP contribution in [0.25, 0.3) is 0 Å². The van der Waals surface area contributed by atoms with Gasteiger partial charge in [0, 0.05) is 30.7 Å². The first kappa shape index (κ1) is 11.7. The Morgan fingerprint density at radius 3 is 2.61 bits per heavy atom. The van der Waals surface area contributed by atoms with E-state index in [0.717, 1.165) is 19.5 Å². The van der Waals surface area contributed by atoms with E-state index >= 15 is 0 Å². The average molecular weight is 248 g/mol. The second kappa shape index (κ2) is 4.05. The number of carbonyl (C=O) groups is 1. The minimum Gasteiger partial charge on any atom is -0.330 e. The van der Waals surface area contributed by atoms with Crippen molar-refractivity contribution >= 4 is 5.91 Å². The molecule has 4 heteroatoms. The summed E-state index contributed by atoms with van der Waals surface area (Å²) in [6, 6.07) is 5.37. The summed E-state index contributed by atoms with van der Waals surface area (Å²) in [4.78, 5) is 16.5. The number of halogens is 1. The fourth-order valence-corrected chi connectivity index (χ4v) is 3.03. The molecule has 1 aromatic rings. The van der Waals surface area contributed by atoms with Gasteiger partial charge in [0.25, 0.3) is 5.91 Å². The van der Waals surface area contributed by atoms with Crippen LogP contribution in [0.3, 0.4) is 0 Å². The van der Waals surface area contributed by atoms with E-state index < -0.39 is 0 Å². The highest BCUT2D eigenvalue weighted by Crippen LogP contribution is 2.33. The van der Waals surface area contributed by atoms with Gasteiger partial charge in [-0.2, -0.15) is 0 Å². The molecule has 2 fully saturated rings. The number of piperazine rings is 1. The first-order valence-corrected chi connectivity index (χ1v) is 6.33. The number of likely N-dealkylation sites (N-methyl/N-ethyl adjacent to an activating group) is 1. The van der Waals surface area contributed by atoms with Crippen LogP contribution in [0.5, 0.6) is 0 Å². The predicted molar refractivity (Wildman–Crippen MR) is 67.0 cm³/mol. The lowest BCUT2D eigenvalue weighted by molar-refractivity contribution is -0.0397. The molecule has 2 heterocycles. The molecule has 0 N–H and O–H groups in total. The first-order valence-electron chi connectivity index (χ1n) is 6.33. The first-order chi connectivity index (χ1) is 8.56. The lowest BCUT2D eigenvalue weighted by atomic mass is 9.87. The van der Waals surface area contributed by atoms with E-state index in [1.54, 1.807) is 19.1 Å². The van der Waals surface area contributed by atoms with Crippen molar-refractivity contribution in [2.45, 2.75) is 25.4 Å². The summed E-state index contributed by atoms with van der Waals surface area (Å²) in [6.45, 7) is 3.56. The van der Waals surface area contributed by atoms with Crippen molar-refractivity contribution in [2.75, 3.05) is 20.1 Å². The average Bonchev–Trinajstić information content (AvgIpc) is 2.32. The number of fused-ring (bicyclic) bond motifs is 2. The Balaban J connectivity index is 1.81. The van der Waals surface area contributed by atoms with Crippen LogP contribution in [0.1, 0.15) is 22.3 Å². The second-order valence-electron chi connectivity index (χ2n) is 5.44. The molecule has 2 aliphatic heterocycles. The topological polar surface area (TPSA) is 23.6 Å². The van der Waals surface area contributed by atoms with Crippen molar-refractivity contribution in [3.8, 4) is 0 Å².